The fourth-order valence-electron chi connectivity index (χ4n) is 2.24. The zero-order valence-corrected chi connectivity index (χ0v) is 11.3. The number of aromatic nitrogens is 2. The van der Waals surface area contributed by atoms with E-state index in [1.807, 2.05) is 12.1 Å². The molecule has 20 heavy (non-hydrogen) atoms. The van der Waals surface area contributed by atoms with Crippen molar-refractivity contribution in [3.05, 3.63) is 66.5 Å². The molecule has 0 amide bonds. The molecular weight excluding hydrogens is 246 g/mol. The molecule has 0 bridgehead atoms. The Morgan fingerprint density at radius 1 is 0.850 bits per heavy atom. The smallest absolute Gasteiger partial charge is 0.0907 e. The first-order valence-corrected chi connectivity index (χ1v) is 6.90. The number of benzene rings is 2. The molecule has 0 aliphatic rings. The highest BCUT2D eigenvalue weighted by Gasteiger charge is 1.98. The minimum Gasteiger partial charge on any atom is -0.385 e. The molecule has 0 saturated carbocycles. The van der Waals surface area contributed by atoms with Gasteiger partial charge in [0, 0.05) is 24.6 Å². The Morgan fingerprint density at radius 3 is 2.50 bits per heavy atom. The first-order valence-electron chi connectivity index (χ1n) is 6.90. The van der Waals surface area contributed by atoms with Gasteiger partial charge in [-0.05, 0) is 36.6 Å². The molecule has 0 aliphatic carbocycles. The minimum absolute atomic E-state index is 0.931. The molecule has 2 aromatic carbocycles. The van der Waals surface area contributed by atoms with Crippen LogP contribution in [0.1, 0.15) is 12.0 Å². The molecule has 0 radical (unpaired) electrons. The van der Waals surface area contributed by atoms with Crippen molar-refractivity contribution in [1.29, 1.82) is 0 Å². The number of fused-ring (bicyclic) bond motifs is 1. The van der Waals surface area contributed by atoms with Gasteiger partial charge >= 0.3 is 0 Å². The van der Waals surface area contributed by atoms with E-state index in [9.17, 15) is 0 Å². The molecule has 0 aliphatic heterocycles. The molecule has 1 heterocycles. The molecule has 0 saturated heterocycles. The molecule has 0 spiro atoms. The topological polar surface area (TPSA) is 37.8 Å². The lowest BCUT2D eigenvalue weighted by atomic mass is 10.1. The van der Waals surface area contributed by atoms with Gasteiger partial charge < -0.3 is 5.32 Å². The van der Waals surface area contributed by atoms with E-state index < -0.39 is 0 Å². The van der Waals surface area contributed by atoms with E-state index in [0.717, 1.165) is 36.1 Å². The Morgan fingerprint density at radius 2 is 1.65 bits per heavy atom. The normalized spacial score (nSPS) is 10.6. The van der Waals surface area contributed by atoms with Crippen LogP contribution in [0.15, 0.2) is 60.9 Å². The number of rotatable bonds is 5. The second kappa shape index (κ2) is 6.15. The van der Waals surface area contributed by atoms with Crippen LogP contribution in [0, 0.1) is 0 Å². The van der Waals surface area contributed by atoms with Crippen LogP contribution in [-0.4, -0.2) is 16.5 Å². The summed E-state index contributed by atoms with van der Waals surface area (Å²) in [7, 11) is 0. The van der Waals surface area contributed by atoms with Crippen molar-refractivity contribution in [2.24, 2.45) is 0 Å². The SMILES string of the molecule is c1ccc(CCCNc2ccc3nccnc3c2)cc1. The molecule has 0 atom stereocenters. The van der Waals surface area contributed by atoms with Crippen LogP contribution in [0.3, 0.4) is 0 Å². The van der Waals surface area contributed by atoms with E-state index in [0.29, 0.717) is 0 Å². The number of hydrogen-bond donors (Lipinski definition) is 1. The molecule has 3 heteroatoms. The van der Waals surface area contributed by atoms with E-state index in [-0.39, 0.29) is 0 Å². The number of aryl methyl sites for hydroxylation is 1. The fourth-order valence-corrected chi connectivity index (χ4v) is 2.24. The van der Waals surface area contributed by atoms with Gasteiger partial charge in [-0.2, -0.15) is 0 Å². The summed E-state index contributed by atoms with van der Waals surface area (Å²) in [5, 5.41) is 3.44. The van der Waals surface area contributed by atoms with E-state index in [1.54, 1.807) is 12.4 Å². The second-order valence-corrected chi connectivity index (χ2v) is 4.78. The Kier molecular flexibility index (Phi) is 3.88. The Bertz CT molecular complexity index is 680. The summed E-state index contributed by atoms with van der Waals surface area (Å²) in [6.45, 7) is 0.959. The summed E-state index contributed by atoms with van der Waals surface area (Å²) < 4.78 is 0. The molecule has 3 rings (SSSR count). The van der Waals surface area contributed by atoms with Crippen molar-refractivity contribution in [1.82, 2.24) is 9.97 Å². The predicted molar refractivity (Wildman–Crippen MR) is 82.8 cm³/mol. The van der Waals surface area contributed by atoms with Crippen molar-refractivity contribution in [2.45, 2.75) is 12.8 Å². The fraction of sp³-hybridized carbons (Fsp3) is 0.176. The maximum absolute atomic E-state index is 4.32. The van der Waals surface area contributed by atoms with Crippen LogP contribution in [-0.2, 0) is 6.42 Å². The monoisotopic (exact) mass is 263 g/mol. The Labute approximate surface area is 118 Å². The van der Waals surface area contributed by atoms with Gasteiger partial charge in [0.2, 0.25) is 0 Å². The third-order valence-corrected chi connectivity index (χ3v) is 3.28. The van der Waals surface area contributed by atoms with Crippen LogP contribution in [0.4, 0.5) is 5.69 Å². The Balaban J connectivity index is 1.55. The first kappa shape index (κ1) is 12.6. The van der Waals surface area contributed by atoms with Crippen molar-refractivity contribution < 1.29 is 0 Å². The number of hydrogen-bond acceptors (Lipinski definition) is 3. The van der Waals surface area contributed by atoms with E-state index >= 15 is 0 Å². The average Bonchev–Trinajstić information content (AvgIpc) is 2.52. The lowest BCUT2D eigenvalue weighted by Crippen LogP contribution is -2.03. The molecule has 3 aromatic rings. The van der Waals surface area contributed by atoms with Gasteiger partial charge in [0.25, 0.3) is 0 Å². The summed E-state index contributed by atoms with van der Waals surface area (Å²) >= 11 is 0. The number of nitrogens with zero attached hydrogens (tertiary/aromatic N) is 2. The summed E-state index contributed by atoms with van der Waals surface area (Å²) in [5.41, 5.74) is 4.35. The van der Waals surface area contributed by atoms with Gasteiger partial charge in [-0.3, -0.25) is 9.97 Å². The zero-order valence-electron chi connectivity index (χ0n) is 11.3. The lowest BCUT2D eigenvalue weighted by Gasteiger charge is -2.07. The van der Waals surface area contributed by atoms with Gasteiger partial charge in [-0.15, -0.1) is 0 Å². The molecule has 1 N–H and O–H groups in total. The highest BCUT2D eigenvalue weighted by molar-refractivity contribution is 5.78. The van der Waals surface area contributed by atoms with Crippen molar-refractivity contribution in [3.63, 3.8) is 0 Å². The molecular formula is C17H17N3. The standard InChI is InChI=1S/C17H17N3/c1-2-5-14(6-3-1)7-4-10-18-15-8-9-16-17(13-15)20-12-11-19-16/h1-3,5-6,8-9,11-13,18H,4,7,10H2. The van der Waals surface area contributed by atoms with Crippen molar-refractivity contribution in [3.8, 4) is 0 Å². The van der Waals surface area contributed by atoms with Gasteiger partial charge in [0.15, 0.2) is 0 Å². The zero-order chi connectivity index (χ0) is 13.6. The summed E-state index contributed by atoms with van der Waals surface area (Å²) in [6.07, 6.45) is 5.65. The van der Waals surface area contributed by atoms with E-state index in [1.165, 1.54) is 5.56 Å². The quantitative estimate of drug-likeness (QED) is 0.714. The first-order chi connectivity index (χ1) is 9.92. The average molecular weight is 263 g/mol. The summed E-state index contributed by atoms with van der Waals surface area (Å²) in [5.74, 6) is 0. The molecule has 0 unspecified atom stereocenters. The largest absolute Gasteiger partial charge is 0.385 e. The molecule has 0 fully saturated rings. The highest BCUT2D eigenvalue weighted by atomic mass is 14.9. The van der Waals surface area contributed by atoms with Crippen LogP contribution in [0.5, 0.6) is 0 Å². The van der Waals surface area contributed by atoms with Gasteiger partial charge in [0.1, 0.15) is 0 Å². The maximum atomic E-state index is 4.32. The maximum Gasteiger partial charge on any atom is 0.0907 e. The highest BCUT2D eigenvalue weighted by Crippen LogP contribution is 2.15. The lowest BCUT2D eigenvalue weighted by molar-refractivity contribution is 0.863. The van der Waals surface area contributed by atoms with Crippen LogP contribution < -0.4 is 5.32 Å². The summed E-state index contributed by atoms with van der Waals surface area (Å²) in [6, 6.07) is 16.7. The van der Waals surface area contributed by atoms with E-state index in [2.05, 4.69) is 51.7 Å². The van der Waals surface area contributed by atoms with Crippen LogP contribution >= 0.6 is 0 Å². The van der Waals surface area contributed by atoms with Crippen molar-refractivity contribution in [2.75, 3.05) is 11.9 Å². The summed E-state index contributed by atoms with van der Waals surface area (Å²) in [4.78, 5) is 8.58. The number of nitrogens with one attached hydrogen (secondary N) is 1. The minimum atomic E-state index is 0.931. The third-order valence-electron chi connectivity index (χ3n) is 3.28. The molecule has 3 nitrogen and oxygen atoms in total. The van der Waals surface area contributed by atoms with Gasteiger partial charge in [-0.1, -0.05) is 30.3 Å². The second-order valence-electron chi connectivity index (χ2n) is 4.78. The van der Waals surface area contributed by atoms with Gasteiger partial charge in [-0.25, -0.2) is 0 Å². The van der Waals surface area contributed by atoms with Gasteiger partial charge in [0.05, 0.1) is 11.0 Å². The predicted octanol–water partition coefficient (Wildman–Crippen LogP) is 3.67. The van der Waals surface area contributed by atoms with Crippen LogP contribution in [0.2, 0.25) is 0 Å². The number of anilines is 1. The van der Waals surface area contributed by atoms with E-state index in [4.69, 9.17) is 0 Å². The van der Waals surface area contributed by atoms with Crippen molar-refractivity contribution >= 4 is 16.7 Å². The molecule has 1 aromatic heterocycles. The molecule has 100 valence electrons. The third kappa shape index (κ3) is 3.12. The Hall–Kier alpha value is -2.42. The van der Waals surface area contributed by atoms with Crippen LogP contribution in [0.25, 0.3) is 11.0 Å².